The Morgan fingerprint density at radius 3 is 2.35 bits per heavy atom. The molecular weight excluding hydrogens is 332 g/mol. The number of rotatable bonds is 4. The fourth-order valence-electron chi connectivity index (χ4n) is 2.58. The van der Waals surface area contributed by atoms with Gasteiger partial charge >= 0.3 is 5.97 Å². The molecule has 26 heavy (non-hydrogen) atoms. The van der Waals surface area contributed by atoms with Crippen LogP contribution in [0.2, 0.25) is 0 Å². The van der Waals surface area contributed by atoms with Crippen molar-refractivity contribution in [2.45, 2.75) is 27.7 Å². The first kappa shape index (κ1) is 17.7. The van der Waals surface area contributed by atoms with Gasteiger partial charge in [0.2, 0.25) is 11.2 Å². The number of benzene rings is 2. The van der Waals surface area contributed by atoms with Gasteiger partial charge in [0.15, 0.2) is 0 Å². The molecule has 0 atom stereocenters. The minimum atomic E-state index is -0.346. The molecule has 0 aliphatic rings. The summed E-state index contributed by atoms with van der Waals surface area (Å²) in [6, 6.07) is 10.4. The van der Waals surface area contributed by atoms with Gasteiger partial charge < -0.3 is 13.9 Å². The van der Waals surface area contributed by atoms with E-state index in [2.05, 4.69) is 0 Å². The molecule has 0 amide bonds. The minimum Gasteiger partial charge on any atom is -0.460 e. The molecule has 0 saturated heterocycles. The third-order valence-corrected chi connectivity index (χ3v) is 3.83. The number of esters is 1. The van der Waals surface area contributed by atoms with Crippen LogP contribution in [0.25, 0.3) is 11.0 Å². The Hall–Kier alpha value is -3.08. The summed E-state index contributed by atoms with van der Waals surface area (Å²) < 4.78 is 16.5. The molecule has 5 heteroatoms. The van der Waals surface area contributed by atoms with Gasteiger partial charge in [0.25, 0.3) is 0 Å². The maximum absolute atomic E-state index is 12.7. The summed E-state index contributed by atoms with van der Waals surface area (Å²) in [6.45, 7) is 7.42. The Morgan fingerprint density at radius 1 is 1.00 bits per heavy atom. The number of carbonyl (C=O) groups is 1. The average molecular weight is 352 g/mol. The lowest BCUT2D eigenvalue weighted by Gasteiger charge is -2.09. The number of hydrogen-bond donors (Lipinski definition) is 0. The zero-order chi connectivity index (χ0) is 18.8. The van der Waals surface area contributed by atoms with E-state index >= 15 is 0 Å². The average Bonchev–Trinajstić information content (AvgIpc) is 2.56. The van der Waals surface area contributed by atoms with E-state index in [-0.39, 0.29) is 23.1 Å². The molecular formula is C21H20O5. The minimum absolute atomic E-state index is 0.106. The number of carbonyl (C=O) groups excluding carboxylic acids is 1. The van der Waals surface area contributed by atoms with Crippen LogP contribution in [-0.2, 0) is 4.79 Å². The quantitative estimate of drug-likeness (QED) is 0.500. The van der Waals surface area contributed by atoms with Crippen molar-refractivity contribution in [3.8, 4) is 17.2 Å². The molecule has 0 aliphatic heterocycles. The molecule has 0 aliphatic carbocycles. The summed E-state index contributed by atoms with van der Waals surface area (Å²) in [5, 5.41) is 0.358. The van der Waals surface area contributed by atoms with E-state index in [0.717, 1.165) is 11.1 Å². The van der Waals surface area contributed by atoms with Crippen LogP contribution in [0.4, 0.5) is 0 Å². The Balaban J connectivity index is 1.93. The van der Waals surface area contributed by atoms with E-state index in [1.807, 2.05) is 32.0 Å². The second kappa shape index (κ2) is 7.04. The zero-order valence-electron chi connectivity index (χ0n) is 15.2. The van der Waals surface area contributed by atoms with Crippen molar-refractivity contribution in [2.75, 3.05) is 0 Å². The van der Waals surface area contributed by atoms with Gasteiger partial charge in [-0.15, -0.1) is 0 Å². The molecule has 134 valence electrons. The SMILES string of the molecule is Cc1cc(C)cc(Oc2coc3cc(OC(=O)C(C)C)ccc3c2=O)c1. The summed E-state index contributed by atoms with van der Waals surface area (Å²) in [6.07, 6.45) is 1.27. The van der Waals surface area contributed by atoms with Crippen LogP contribution in [0.1, 0.15) is 25.0 Å². The molecule has 0 spiro atoms. The van der Waals surface area contributed by atoms with Gasteiger partial charge in [0.1, 0.15) is 23.3 Å². The van der Waals surface area contributed by atoms with Crippen LogP contribution in [0.5, 0.6) is 17.2 Å². The van der Waals surface area contributed by atoms with Gasteiger partial charge in [-0.25, -0.2) is 0 Å². The van der Waals surface area contributed by atoms with Gasteiger partial charge in [-0.2, -0.15) is 0 Å². The molecule has 5 nitrogen and oxygen atoms in total. The molecule has 0 bridgehead atoms. The number of ether oxygens (including phenoxy) is 2. The molecule has 0 saturated carbocycles. The highest BCUT2D eigenvalue weighted by molar-refractivity contribution is 5.81. The van der Waals surface area contributed by atoms with Crippen molar-refractivity contribution in [2.24, 2.45) is 5.92 Å². The van der Waals surface area contributed by atoms with E-state index in [1.165, 1.54) is 12.3 Å². The zero-order valence-corrected chi connectivity index (χ0v) is 15.2. The lowest BCUT2D eigenvalue weighted by atomic mass is 10.1. The van der Waals surface area contributed by atoms with Crippen molar-refractivity contribution >= 4 is 16.9 Å². The molecule has 3 aromatic rings. The van der Waals surface area contributed by atoms with Crippen LogP contribution < -0.4 is 14.9 Å². The first-order valence-corrected chi connectivity index (χ1v) is 8.37. The van der Waals surface area contributed by atoms with Gasteiger partial charge in [0, 0.05) is 6.07 Å². The van der Waals surface area contributed by atoms with E-state index in [1.54, 1.807) is 26.0 Å². The third-order valence-electron chi connectivity index (χ3n) is 3.83. The fraction of sp³-hybridized carbons (Fsp3) is 0.238. The molecule has 2 aromatic carbocycles. The second-order valence-corrected chi connectivity index (χ2v) is 6.59. The standard InChI is InChI=1S/C21H20O5/c1-12(2)21(23)26-15-5-6-17-18(10-15)24-11-19(20(17)22)25-16-8-13(3)7-14(4)9-16/h5-12H,1-4H3. The highest BCUT2D eigenvalue weighted by atomic mass is 16.5. The summed E-state index contributed by atoms with van der Waals surface area (Å²) in [7, 11) is 0. The topological polar surface area (TPSA) is 65.7 Å². The number of fused-ring (bicyclic) bond motifs is 1. The van der Waals surface area contributed by atoms with Crippen LogP contribution in [0.3, 0.4) is 0 Å². The number of aryl methyl sites for hydroxylation is 2. The number of hydrogen-bond acceptors (Lipinski definition) is 5. The van der Waals surface area contributed by atoms with E-state index < -0.39 is 0 Å². The van der Waals surface area contributed by atoms with Crippen molar-refractivity contribution in [3.63, 3.8) is 0 Å². The summed E-state index contributed by atoms with van der Waals surface area (Å²) in [4.78, 5) is 24.3. The predicted octanol–water partition coefficient (Wildman–Crippen LogP) is 4.76. The van der Waals surface area contributed by atoms with E-state index in [0.29, 0.717) is 22.5 Å². The molecule has 0 N–H and O–H groups in total. The van der Waals surface area contributed by atoms with E-state index in [9.17, 15) is 9.59 Å². The predicted molar refractivity (Wildman–Crippen MR) is 98.9 cm³/mol. The second-order valence-electron chi connectivity index (χ2n) is 6.59. The van der Waals surface area contributed by atoms with Crippen LogP contribution in [0, 0.1) is 19.8 Å². The largest absolute Gasteiger partial charge is 0.460 e. The van der Waals surface area contributed by atoms with Crippen molar-refractivity contribution in [3.05, 3.63) is 64.0 Å². The third kappa shape index (κ3) is 3.77. The molecule has 0 unspecified atom stereocenters. The maximum atomic E-state index is 12.7. The van der Waals surface area contributed by atoms with Crippen LogP contribution in [-0.4, -0.2) is 5.97 Å². The Bertz CT molecular complexity index is 1010. The lowest BCUT2D eigenvalue weighted by Crippen LogP contribution is -2.14. The molecule has 1 aromatic heterocycles. The Kier molecular flexibility index (Phi) is 4.80. The van der Waals surface area contributed by atoms with Crippen LogP contribution >= 0.6 is 0 Å². The van der Waals surface area contributed by atoms with Crippen molar-refractivity contribution in [1.29, 1.82) is 0 Å². The fourth-order valence-corrected chi connectivity index (χ4v) is 2.58. The summed E-state index contributed by atoms with van der Waals surface area (Å²) in [5.41, 5.74) is 2.13. The van der Waals surface area contributed by atoms with E-state index in [4.69, 9.17) is 13.9 Å². The highest BCUT2D eigenvalue weighted by Gasteiger charge is 2.13. The van der Waals surface area contributed by atoms with Gasteiger partial charge in [-0.3, -0.25) is 9.59 Å². The summed E-state index contributed by atoms with van der Waals surface area (Å²) >= 11 is 0. The van der Waals surface area contributed by atoms with Gasteiger partial charge in [-0.1, -0.05) is 19.9 Å². The van der Waals surface area contributed by atoms with Gasteiger partial charge in [0.05, 0.1) is 11.3 Å². The van der Waals surface area contributed by atoms with Crippen molar-refractivity contribution in [1.82, 2.24) is 0 Å². The lowest BCUT2D eigenvalue weighted by molar-refractivity contribution is -0.137. The van der Waals surface area contributed by atoms with Gasteiger partial charge in [-0.05, 0) is 49.2 Å². The van der Waals surface area contributed by atoms with Crippen molar-refractivity contribution < 1.29 is 18.7 Å². The molecule has 3 rings (SSSR count). The Morgan fingerprint density at radius 2 is 1.69 bits per heavy atom. The summed E-state index contributed by atoms with van der Waals surface area (Å²) in [5.74, 6) is 0.432. The maximum Gasteiger partial charge on any atom is 0.313 e. The molecule has 0 radical (unpaired) electrons. The van der Waals surface area contributed by atoms with Crippen LogP contribution in [0.15, 0.2) is 51.9 Å². The molecule has 0 fully saturated rings. The smallest absolute Gasteiger partial charge is 0.313 e. The normalized spacial score (nSPS) is 11.0. The monoisotopic (exact) mass is 352 g/mol. The highest BCUT2D eigenvalue weighted by Crippen LogP contribution is 2.25. The Labute approximate surface area is 151 Å². The first-order chi connectivity index (χ1) is 12.3. The molecule has 1 heterocycles. The first-order valence-electron chi connectivity index (χ1n) is 8.37.